The summed E-state index contributed by atoms with van der Waals surface area (Å²) >= 11 is 0. The maximum Gasteiger partial charge on any atom is 0.0462 e. The van der Waals surface area contributed by atoms with E-state index in [-0.39, 0.29) is 0 Å². The van der Waals surface area contributed by atoms with E-state index in [4.69, 9.17) is 0 Å². The second-order valence-electron chi connectivity index (χ2n) is 14.7. The van der Waals surface area contributed by atoms with Crippen LogP contribution in [0.25, 0.3) is 33.4 Å². The largest absolute Gasteiger partial charge is 0.311 e. The molecule has 0 saturated carbocycles. The molecule has 0 aliphatic heterocycles. The Bertz CT molecular complexity index is 1800. The predicted molar refractivity (Wildman–Crippen MR) is 214 cm³/mol. The highest BCUT2D eigenvalue weighted by atomic mass is 15.1. The SMILES string of the molecule is Cc1ccc(-c2ccc(N(c3ccc(-c4ccc(C)cc4C(C)C)cc3)c3ccc(-c4ccc(C)cc4C(C)C)cc3)cc2)c(C(C)C)c1. The van der Waals surface area contributed by atoms with Crippen LogP contribution in [0.3, 0.4) is 0 Å². The monoisotopic (exact) mass is 641 g/mol. The molecule has 0 aliphatic carbocycles. The van der Waals surface area contributed by atoms with Gasteiger partial charge in [0.25, 0.3) is 0 Å². The van der Waals surface area contributed by atoms with Crippen molar-refractivity contribution < 1.29 is 0 Å². The maximum absolute atomic E-state index is 2.38. The van der Waals surface area contributed by atoms with Gasteiger partial charge in [0.15, 0.2) is 0 Å². The summed E-state index contributed by atoms with van der Waals surface area (Å²) < 4.78 is 0. The lowest BCUT2D eigenvalue weighted by molar-refractivity contribution is 0.867. The van der Waals surface area contributed by atoms with E-state index in [9.17, 15) is 0 Å². The normalized spacial score (nSPS) is 11.5. The average molecular weight is 642 g/mol. The molecule has 0 bridgehead atoms. The lowest BCUT2D eigenvalue weighted by Gasteiger charge is -2.27. The number of benzene rings is 6. The molecule has 0 spiro atoms. The van der Waals surface area contributed by atoms with Crippen LogP contribution < -0.4 is 4.90 Å². The fourth-order valence-corrected chi connectivity index (χ4v) is 7.09. The van der Waals surface area contributed by atoms with Crippen LogP contribution in [-0.2, 0) is 0 Å². The molecule has 0 saturated heterocycles. The van der Waals surface area contributed by atoms with Crippen molar-refractivity contribution in [2.45, 2.75) is 80.1 Å². The van der Waals surface area contributed by atoms with Crippen LogP contribution >= 0.6 is 0 Å². The number of hydrogen-bond donors (Lipinski definition) is 0. The number of rotatable bonds is 9. The van der Waals surface area contributed by atoms with Crippen molar-refractivity contribution in [2.24, 2.45) is 0 Å². The van der Waals surface area contributed by atoms with Gasteiger partial charge in [-0.2, -0.15) is 0 Å². The molecular formula is C48H51N. The number of nitrogens with zero attached hydrogens (tertiary/aromatic N) is 1. The van der Waals surface area contributed by atoms with Gasteiger partial charge >= 0.3 is 0 Å². The van der Waals surface area contributed by atoms with E-state index in [1.807, 2.05) is 0 Å². The van der Waals surface area contributed by atoms with Gasteiger partial charge in [-0.1, -0.05) is 149 Å². The van der Waals surface area contributed by atoms with Gasteiger partial charge in [-0.15, -0.1) is 0 Å². The van der Waals surface area contributed by atoms with Gasteiger partial charge < -0.3 is 4.90 Å². The van der Waals surface area contributed by atoms with Crippen LogP contribution in [0.15, 0.2) is 127 Å². The van der Waals surface area contributed by atoms with Crippen molar-refractivity contribution in [3.05, 3.63) is 161 Å². The molecule has 0 fully saturated rings. The van der Waals surface area contributed by atoms with Crippen molar-refractivity contribution in [3.8, 4) is 33.4 Å². The fraction of sp³-hybridized carbons (Fsp3) is 0.250. The highest BCUT2D eigenvalue weighted by Gasteiger charge is 2.17. The third-order valence-electron chi connectivity index (χ3n) is 9.80. The van der Waals surface area contributed by atoms with E-state index in [2.05, 4.69) is 195 Å². The zero-order valence-electron chi connectivity index (χ0n) is 30.8. The summed E-state index contributed by atoms with van der Waals surface area (Å²) in [7, 11) is 0. The van der Waals surface area contributed by atoms with Crippen molar-refractivity contribution in [1.29, 1.82) is 0 Å². The Labute approximate surface area is 295 Å². The van der Waals surface area contributed by atoms with Crippen LogP contribution in [0.1, 0.15) is 92.7 Å². The Morgan fingerprint density at radius 1 is 0.327 bits per heavy atom. The summed E-state index contributed by atoms with van der Waals surface area (Å²) in [6, 6.07) is 47.8. The molecule has 49 heavy (non-hydrogen) atoms. The first-order valence-electron chi connectivity index (χ1n) is 17.9. The standard InChI is InChI=1S/C48H51N/c1-31(2)46-28-34(7)10-25-43(46)37-13-19-40(20-14-37)49(41-21-15-38(16-22-41)44-26-11-35(8)29-47(44)32(3)4)42-23-17-39(18-24-42)45-27-12-36(9)30-48(45)33(5)6/h10-33H,1-9H3. The minimum atomic E-state index is 0.456. The van der Waals surface area contributed by atoms with E-state index in [1.54, 1.807) is 0 Å². The van der Waals surface area contributed by atoms with Crippen LogP contribution in [0.4, 0.5) is 17.1 Å². The third kappa shape index (κ3) is 7.27. The van der Waals surface area contributed by atoms with Crippen molar-refractivity contribution in [1.82, 2.24) is 0 Å². The quantitative estimate of drug-likeness (QED) is 0.152. The lowest BCUT2D eigenvalue weighted by Crippen LogP contribution is -2.10. The molecule has 0 atom stereocenters. The first kappa shape index (κ1) is 34.0. The molecule has 1 nitrogen and oxygen atoms in total. The van der Waals surface area contributed by atoms with E-state index in [0.717, 1.165) is 17.1 Å². The highest BCUT2D eigenvalue weighted by molar-refractivity contribution is 5.82. The van der Waals surface area contributed by atoms with Crippen LogP contribution in [-0.4, -0.2) is 0 Å². The molecule has 0 aromatic heterocycles. The van der Waals surface area contributed by atoms with Crippen molar-refractivity contribution in [2.75, 3.05) is 4.90 Å². The van der Waals surface area contributed by atoms with E-state index < -0.39 is 0 Å². The highest BCUT2D eigenvalue weighted by Crippen LogP contribution is 2.40. The molecule has 6 rings (SSSR count). The number of aryl methyl sites for hydroxylation is 3. The molecular weight excluding hydrogens is 591 g/mol. The Kier molecular flexibility index (Phi) is 9.93. The Morgan fingerprint density at radius 2 is 0.571 bits per heavy atom. The summed E-state index contributed by atoms with van der Waals surface area (Å²) in [6.45, 7) is 20.2. The third-order valence-corrected chi connectivity index (χ3v) is 9.80. The van der Waals surface area contributed by atoms with Crippen molar-refractivity contribution >= 4 is 17.1 Å². The minimum absolute atomic E-state index is 0.456. The van der Waals surface area contributed by atoms with Crippen LogP contribution in [0.2, 0.25) is 0 Å². The molecule has 6 aromatic carbocycles. The zero-order valence-corrected chi connectivity index (χ0v) is 30.8. The van der Waals surface area contributed by atoms with E-state index in [0.29, 0.717) is 17.8 Å². The summed E-state index contributed by atoms with van der Waals surface area (Å²) in [6.07, 6.45) is 0. The summed E-state index contributed by atoms with van der Waals surface area (Å²) in [5.74, 6) is 1.37. The van der Waals surface area contributed by atoms with E-state index in [1.165, 1.54) is 66.8 Å². The Balaban J connectivity index is 1.43. The lowest BCUT2D eigenvalue weighted by atomic mass is 9.90. The summed E-state index contributed by atoms with van der Waals surface area (Å²) in [5.41, 5.74) is 19.2. The first-order chi connectivity index (χ1) is 23.5. The fourth-order valence-electron chi connectivity index (χ4n) is 7.09. The molecule has 0 N–H and O–H groups in total. The maximum atomic E-state index is 2.38. The van der Waals surface area contributed by atoms with Gasteiger partial charge in [-0.05, 0) is 125 Å². The number of anilines is 3. The summed E-state index contributed by atoms with van der Waals surface area (Å²) in [5, 5.41) is 0. The molecule has 0 radical (unpaired) electrons. The second-order valence-corrected chi connectivity index (χ2v) is 14.7. The van der Waals surface area contributed by atoms with Gasteiger partial charge in [-0.25, -0.2) is 0 Å². The first-order valence-corrected chi connectivity index (χ1v) is 17.9. The Hall–Kier alpha value is -4.88. The van der Waals surface area contributed by atoms with Gasteiger partial charge in [0, 0.05) is 17.1 Å². The van der Waals surface area contributed by atoms with Gasteiger partial charge in [-0.3, -0.25) is 0 Å². The molecule has 6 aromatic rings. The number of hydrogen-bond acceptors (Lipinski definition) is 1. The van der Waals surface area contributed by atoms with Crippen molar-refractivity contribution in [3.63, 3.8) is 0 Å². The zero-order chi connectivity index (χ0) is 34.8. The predicted octanol–water partition coefficient (Wildman–Crippen LogP) is 14.5. The van der Waals surface area contributed by atoms with Crippen LogP contribution in [0.5, 0.6) is 0 Å². The van der Waals surface area contributed by atoms with Crippen LogP contribution in [0, 0.1) is 20.8 Å². The smallest absolute Gasteiger partial charge is 0.0462 e. The Morgan fingerprint density at radius 3 is 0.796 bits per heavy atom. The molecule has 0 amide bonds. The second kappa shape index (κ2) is 14.3. The van der Waals surface area contributed by atoms with Gasteiger partial charge in [0.1, 0.15) is 0 Å². The van der Waals surface area contributed by atoms with Gasteiger partial charge in [0.05, 0.1) is 0 Å². The minimum Gasteiger partial charge on any atom is -0.311 e. The molecule has 0 unspecified atom stereocenters. The van der Waals surface area contributed by atoms with E-state index >= 15 is 0 Å². The topological polar surface area (TPSA) is 3.24 Å². The molecule has 248 valence electrons. The molecule has 0 heterocycles. The van der Waals surface area contributed by atoms with Gasteiger partial charge in [0.2, 0.25) is 0 Å². The average Bonchev–Trinajstić information content (AvgIpc) is 3.09. The molecule has 0 aliphatic rings. The molecule has 1 heteroatoms. The summed E-state index contributed by atoms with van der Waals surface area (Å²) in [4.78, 5) is 2.38.